The van der Waals surface area contributed by atoms with E-state index in [2.05, 4.69) is 0 Å². The van der Waals surface area contributed by atoms with Crippen molar-refractivity contribution in [3.8, 4) is 0 Å². The van der Waals surface area contributed by atoms with Crippen LogP contribution in [0.15, 0.2) is 0 Å². The molecule has 2 fully saturated rings. The van der Waals surface area contributed by atoms with Crippen molar-refractivity contribution in [1.29, 1.82) is 0 Å². The predicted octanol–water partition coefficient (Wildman–Crippen LogP) is 5.52. The van der Waals surface area contributed by atoms with Crippen LogP contribution in [-0.4, -0.2) is 11.8 Å². The minimum Gasteiger partial charge on any atom is -0.207 e. The lowest BCUT2D eigenvalue weighted by molar-refractivity contribution is -0.113. The van der Waals surface area contributed by atoms with Crippen LogP contribution in [0.4, 0.5) is 17.6 Å². The molecule has 2 aliphatic rings. The van der Waals surface area contributed by atoms with Crippen LogP contribution < -0.4 is 0 Å². The van der Waals surface area contributed by atoms with Crippen LogP contribution in [0.3, 0.4) is 0 Å². The van der Waals surface area contributed by atoms with Crippen molar-refractivity contribution in [2.75, 3.05) is 0 Å². The van der Waals surface area contributed by atoms with E-state index < -0.39 is 23.7 Å². The molecule has 0 N–H and O–H groups in total. The molecule has 0 aliphatic heterocycles. The summed E-state index contributed by atoms with van der Waals surface area (Å²) >= 11 is 0. The molecular formula is C15H24F4. The summed E-state index contributed by atoms with van der Waals surface area (Å²) in [7, 11) is 0. The SMILES string of the molecule is CC1CCC(CC2CCC(C)C(F)(F)C2)CC1(F)F. The lowest BCUT2D eigenvalue weighted by Gasteiger charge is -2.39. The normalized spacial score (nSPS) is 42.0. The maximum atomic E-state index is 13.7. The molecule has 19 heavy (non-hydrogen) atoms. The summed E-state index contributed by atoms with van der Waals surface area (Å²) in [5.41, 5.74) is 0. The molecule has 4 heteroatoms. The molecule has 0 amide bonds. The summed E-state index contributed by atoms with van der Waals surface area (Å²) in [6.45, 7) is 3.18. The molecule has 0 saturated heterocycles. The fourth-order valence-electron chi connectivity index (χ4n) is 3.64. The number of hydrogen-bond donors (Lipinski definition) is 0. The fraction of sp³-hybridized carbons (Fsp3) is 1.00. The molecule has 0 aromatic heterocycles. The Labute approximate surface area is 112 Å². The first-order valence-corrected chi connectivity index (χ1v) is 7.46. The van der Waals surface area contributed by atoms with E-state index in [0.29, 0.717) is 19.3 Å². The topological polar surface area (TPSA) is 0 Å². The van der Waals surface area contributed by atoms with Crippen LogP contribution >= 0.6 is 0 Å². The minimum atomic E-state index is -2.60. The molecule has 0 aromatic rings. The molecular weight excluding hydrogens is 256 g/mol. The Bertz CT molecular complexity index is 283. The van der Waals surface area contributed by atoms with Crippen LogP contribution in [-0.2, 0) is 0 Å². The van der Waals surface area contributed by atoms with E-state index >= 15 is 0 Å². The van der Waals surface area contributed by atoms with Crippen molar-refractivity contribution >= 4 is 0 Å². The first-order chi connectivity index (χ1) is 8.71. The highest BCUT2D eigenvalue weighted by atomic mass is 19.3. The van der Waals surface area contributed by atoms with Crippen LogP contribution in [0.2, 0.25) is 0 Å². The van der Waals surface area contributed by atoms with Gasteiger partial charge in [-0.05, 0) is 43.9 Å². The summed E-state index contributed by atoms with van der Waals surface area (Å²) in [5, 5.41) is 0. The van der Waals surface area contributed by atoms with Gasteiger partial charge in [-0.1, -0.05) is 13.8 Å². The van der Waals surface area contributed by atoms with E-state index in [1.807, 2.05) is 0 Å². The second-order valence-electron chi connectivity index (χ2n) is 6.85. The van der Waals surface area contributed by atoms with E-state index in [4.69, 9.17) is 0 Å². The summed E-state index contributed by atoms with van der Waals surface area (Å²) in [5.74, 6) is -6.46. The van der Waals surface area contributed by atoms with Gasteiger partial charge in [0.25, 0.3) is 11.8 Å². The van der Waals surface area contributed by atoms with Gasteiger partial charge in [0, 0.05) is 24.7 Å². The Morgan fingerprint density at radius 2 is 1.11 bits per heavy atom. The van der Waals surface area contributed by atoms with Crippen molar-refractivity contribution in [3.05, 3.63) is 0 Å². The van der Waals surface area contributed by atoms with Gasteiger partial charge in [-0.15, -0.1) is 0 Å². The van der Waals surface area contributed by atoms with Crippen molar-refractivity contribution < 1.29 is 17.6 Å². The zero-order valence-corrected chi connectivity index (χ0v) is 11.8. The molecule has 0 nitrogen and oxygen atoms in total. The predicted molar refractivity (Wildman–Crippen MR) is 67.5 cm³/mol. The number of halogens is 4. The number of hydrogen-bond acceptors (Lipinski definition) is 0. The Hall–Kier alpha value is -0.280. The van der Waals surface area contributed by atoms with Crippen molar-refractivity contribution in [3.63, 3.8) is 0 Å². The highest BCUT2D eigenvalue weighted by Crippen LogP contribution is 2.47. The van der Waals surface area contributed by atoms with E-state index in [1.54, 1.807) is 13.8 Å². The standard InChI is InChI=1S/C15H24F4/c1-10-3-5-12(8-14(10,16)17)7-13-6-4-11(2)15(18,19)9-13/h10-13H,3-9H2,1-2H3. The molecule has 0 radical (unpaired) electrons. The summed E-state index contributed by atoms with van der Waals surface area (Å²) < 4.78 is 54.7. The smallest absolute Gasteiger partial charge is 0.207 e. The van der Waals surface area contributed by atoms with Crippen molar-refractivity contribution in [2.45, 2.75) is 70.6 Å². The zero-order chi connectivity index (χ0) is 14.3. The first-order valence-electron chi connectivity index (χ1n) is 7.46. The van der Waals surface area contributed by atoms with E-state index in [0.717, 1.165) is 12.8 Å². The quantitative estimate of drug-likeness (QED) is 0.584. The third-order valence-electron chi connectivity index (χ3n) is 5.25. The molecule has 112 valence electrons. The second-order valence-corrected chi connectivity index (χ2v) is 6.85. The Morgan fingerprint density at radius 3 is 1.42 bits per heavy atom. The van der Waals surface area contributed by atoms with E-state index in [-0.39, 0.29) is 24.7 Å². The average Bonchev–Trinajstić information content (AvgIpc) is 2.28. The lowest BCUT2D eigenvalue weighted by Crippen LogP contribution is -2.37. The zero-order valence-electron chi connectivity index (χ0n) is 11.8. The molecule has 4 unspecified atom stereocenters. The minimum absolute atomic E-state index is 0.0691. The molecule has 4 atom stereocenters. The third-order valence-corrected chi connectivity index (χ3v) is 5.25. The van der Waals surface area contributed by atoms with Gasteiger partial charge in [-0.2, -0.15) is 0 Å². The highest BCUT2D eigenvalue weighted by molar-refractivity contribution is 4.88. The summed E-state index contributed by atoms with van der Waals surface area (Å²) in [6, 6.07) is 0. The molecule has 0 heterocycles. The third kappa shape index (κ3) is 3.43. The fourth-order valence-corrected chi connectivity index (χ4v) is 3.64. The Morgan fingerprint density at radius 1 is 0.737 bits per heavy atom. The summed E-state index contributed by atoms with van der Waals surface area (Å²) in [6.07, 6.45) is 2.94. The monoisotopic (exact) mass is 280 g/mol. The maximum Gasteiger partial charge on any atom is 0.250 e. The first kappa shape index (κ1) is 15.1. The number of alkyl halides is 4. The van der Waals surface area contributed by atoms with E-state index in [9.17, 15) is 17.6 Å². The van der Waals surface area contributed by atoms with Gasteiger partial charge < -0.3 is 0 Å². The average molecular weight is 280 g/mol. The lowest BCUT2D eigenvalue weighted by atomic mass is 9.71. The van der Waals surface area contributed by atoms with E-state index in [1.165, 1.54) is 0 Å². The largest absolute Gasteiger partial charge is 0.250 e. The van der Waals surface area contributed by atoms with Gasteiger partial charge in [0.05, 0.1) is 0 Å². The molecule has 2 rings (SSSR count). The van der Waals surface area contributed by atoms with Crippen LogP contribution in [0.25, 0.3) is 0 Å². The van der Waals surface area contributed by atoms with Crippen LogP contribution in [0.1, 0.15) is 58.8 Å². The molecule has 0 spiro atoms. The van der Waals surface area contributed by atoms with Gasteiger partial charge in [-0.3, -0.25) is 0 Å². The van der Waals surface area contributed by atoms with Crippen molar-refractivity contribution in [2.24, 2.45) is 23.7 Å². The van der Waals surface area contributed by atoms with Crippen LogP contribution in [0.5, 0.6) is 0 Å². The van der Waals surface area contributed by atoms with Gasteiger partial charge in [0.15, 0.2) is 0 Å². The second kappa shape index (κ2) is 5.25. The highest BCUT2D eigenvalue weighted by Gasteiger charge is 2.46. The molecule has 0 bridgehead atoms. The molecule has 0 aromatic carbocycles. The van der Waals surface area contributed by atoms with Gasteiger partial charge in [-0.25, -0.2) is 17.6 Å². The maximum absolute atomic E-state index is 13.7. The van der Waals surface area contributed by atoms with Gasteiger partial charge in [0.1, 0.15) is 0 Å². The molecule has 2 aliphatic carbocycles. The van der Waals surface area contributed by atoms with Crippen molar-refractivity contribution in [1.82, 2.24) is 0 Å². The van der Waals surface area contributed by atoms with Gasteiger partial charge >= 0.3 is 0 Å². The molecule has 2 saturated carbocycles. The van der Waals surface area contributed by atoms with Gasteiger partial charge in [0.2, 0.25) is 0 Å². The Kier molecular flexibility index (Phi) is 4.18. The summed E-state index contributed by atoms with van der Waals surface area (Å²) in [4.78, 5) is 0. The Balaban J connectivity index is 1.89. The number of rotatable bonds is 2. The van der Waals surface area contributed by atoms with Crippen LogP contribution in [0, 0.1) is 23.7 Å².